The molecule has 0 rings (SSSR count). The van der Waals surface area contributed by atoms with Crippen molar-refractivity contribution in [2.24, 2.45) is 0 Å². The standard InChI is InChI=1S/CH3N2.2ClH.Pb/c2-1-3;;;/h1H,(H2-,2,3);2*1H;/q-1;;;+3/p-2. The van der Waals surface area contributed by atoms with Gasteiger partial charge in [-0.1, -0.05) is 0 Å². The van der Waals surface area contributed by atoms with E-state index in [0.29, 0.717) is 6.34 Å². The molecule has 0 heterocycles. The van der Waals surface area contributed by atoms with Gasteiger partial charge in [-0.15, -0.1) is 6.34 Å². The van der Waals surface area contributed by atoms with Crippen molar-refractivity contribution in [3.8, 4) is 0 Å². The third-order valence-corrected chi connectivity index (χ3v) is 0. The van der Waals surface area contributed by atoms with E-state index in [1.165, 1.54) is 0 Å². The van der Waals surface area contributed by atoms with Crippen LogP contribution in [-0.4, -0.2) is 28.1 Å². The van der Waals surface area contributed by atoms with Gasteiger partial charge in [0, 0.05) is 0 Å². The summed E-state index contributed by atoms with van der Waals surface area (Å²) in [7, 11) is 9.92. The summed E-state index contributed by atoms with van der Waals surface area (Å²) in [4.78, 5) is 0. The molecule has 0 amide bonds. The monoisotopic (exact) mass is 321 g/mol. The minimum absolute atomic E-state index is 0.500. The zero-order valence-corrected chi connectivity index (χ0v) is 8.23. The summed E-state index contributed by atoms with van der Waals surface area (Å²) in [6, 6.07) is 0. The molecule has 0 spiro atoms. The van der Waals surface area contributed by atoms with Crippen LogP contribution in [0, 0.1) is 5.41 Å². The molecular formula is CH3Cl2N2Pb. The van der Waals surface area contributed by atoms with Crippen molar-refractivity contribution in [1.29, 1.82) is 5.41 Å². The molecule has 5 heteroatoms. The summed E-state index contributed by atoms with van der Waals surface area (Å²) in [5, 5.41) is 5.75. The van der Waals surface area contributed by atoms with Crippen molar-refractivity contribution < 1.29 is 0 Å². The number of rotatable bonds is 0. The summed E-state index contributed by atoms with van der Waals surface area (Å²) >= 11 is -0.972. The molecule has 0 aliphatic rings. The number of halogens is 2. The Kier molecular flexibility index (Phi) is 28.0. The molecule has 6 heavy (non-hydrogen) atoms. The summed E-state index contributed by atoms with van der Waals surface area (Å²) < 4.78 is 0. The van der Waals surface area contributed by atoms with Crippen molar-refractivity contribution in [2.75, 3.05) is 0 Å². The predicted octanol–water partition coefficient (Wildman–Crippen LogP) is 1.64. The van der Waals surface area contributed by atoms with E-state index >= 15 is 0 Å². The van der Waals surface area contributed by atoms with Gasteiger partial charge in [-0.2, -0.15) is 0 Å². The van der Waals surface area contributed by atoms with Crippen molar-refractivity contribution >= 4 is 44.8 Å². The third-order valence-electron chi connectivity index (χ3n) is 0. The summed E-state index contributed by atoms with van der Waals surface area (Å²) in [5.41, 5.74) is 5.75. The van der Waals surface area contributed by atoms with Gasteiger partial charge in [-0.05, 0) is 0 Å². The molecule has 2 nitrogen and oxygen atoms in total. The fraction of sp³-hybridized carbons (Fsp3) is 0. The third kappa shape index (κ3) is 83.0. The Hall–Kier alpha value is 0.972. The molecule has 0 atom stereocenters. The Morgan fingerprint density at radius 2 is 1.67 bits per heavy atom. The molecule has 0 aliphatic carbocycles. The SMILES string of the molecule is N=C[NH-].[Cl][Pb+][Cl]. The van der Waals surface area contributed by atoms with E-state index in [2.05, 4.69) is 0 Å². The minimum atomic E-state index is -0.972. The number of hydrogen-bond acceptors (Lipinski definition) is 1. The average Bonchev–Trinajstić information content (AvgIpc) is 1.39. The normalized spacial score (nSPS) is 4.33. The first kappa shape index (κ1) is 10.1. The van der Waals surface area contributed by atoms with Crippen LogP contribution in [0.3, 0.4) is 0 Å². The van der Waals surface area contributed by atoms with Crippen molar-refractivity contribution in [1.82, 2.24) is 0 Å². The van der Waals surface area contributed by atoms with Gasteiger partial charge in [0.15, 0.2) is 0 Å². The van der Waals surface area contributed by atoms with Gasteiger partial charge in [0.2, 0.25) is 0 Å². The molecule has 0 aromatic heterocycles. The first-order valence-electron chi connectivity index (χ1n) is 0.955. The topological polar surface area (TPSA) is 47.7 Å². The van der Waals surface area contributed by atoms with Crippen LogP contribution < -0.4 is 0 Å². The fourth-order valence-electron chi connectivity index (χ4n) is 0. The predicted molar refractivity (Wildman–Crippen MR) is 30.6 cm³/mol. The maximum atomic E-state index is 5.75. The molecule has 0 aliphatic heterocycles. The number of nitrogens with one attached hydrogen (secondary N) is 2. The second kappa shape index (κ2) is 16.7. The molecule has 0 aromatic carbocycles. The molecular weight excluding hydrogens is 318 g/mol. The van der Waals surface area contributed by atoms with E-state index < -0.39 is 21.8 Å². The van der Waals surface area contributed by atoms with Crippen LogP contribution in [-0.2, 0) is 0 Å². The molecule has 0 saturated carbocycles. The van der Waals surface area contributed by atoms with E-state index in [-0.39, 0.29) is 0 Å². The van der Waals surface area contributed by atoms with Gasteiger partial charge in [0.1, 0.15) is 0 Å². The Bertz CT molecular complexity index is 25.5. The molecule has 0 fully saturated rings. The van der Waals surface area contributed by atoms with E-state index in [9.17, 15) is 0 Å². The first-order valence-corrected chi connectivity index (χ1v) is 10.5. The molecule has 0 unspecified atom stereocenters. The summed E-state index contributed by atoms with van der Waals surface area (Å²) in [6.07, 6.45) is 0.500. The molecule has 0 bridgehead atoms. The average molecular weight is 321 g/mol. The fourth-order valence-corrected chi connectivity index (χ4v) is 0. The van der Waals surface area contributed by atoms with Crippen LogP contribution in [0.25, 0.3) is 5.73 Å². The molecule has 1 radical (unpaired) electrons. The van der Waals surface area contributed by atoms with E-state index in [1.54, 1.807) is 0 Å². The number of hydrogen-bond donors (Lipinski definition) is 1. The van der Waals surface area contributed by atoms with Crippen LogP contribution in [0.4, 0.5) is 0 Å². The Labute approximate surface area is 55.7 Å². The Morgan fingerprint density at radius 3 is 1.67 bits per heavy atom. The molecule has 35 valence electrons. The molecule has 2 N–H and O–H groups in total. The quantitative estimate of drug-likeness (QED) is 0.401. The van der Waals surface area contributed by atoms with Crippen molar-refractivity contribution in [3.63, 3.8) is 0 Å². The van der Waals surface area contributed by atoms with E-state index in [4.69, 9.17) is 27.8 Å². The van der Waals surface area contributed by atoms with Gasteiger partial charge in [0.05, 0.1) is 0 Å². The summed E-state index contributed by atoms with van der Waals surface area (Å²) in [6.45, 7) is 0. The zero-order valence-electron chi connectivity index (χ0n) is 2.83. The Balaban J connectivity index is 0. The van der Waals surface area contributed by atoms with Gasteiger partial charge >= 0.3 is 38.4 Å². The van der Waals surface area contributed by atoms with Gasteiger partial charge in [0.25, 0.3) is 0 Å². The molecule has 0 saturated heterocycles. The van der Waals surface area contributed by atoms with Crippen LogP contribution in [0.15, 0.2) is 0 Å². The van der Waals surface area contributed by atoms with Crippen molar-refractivity contribution in [3.05, 3.63) is 5.73 Å². The van der Waals surface area contributed by atoms with Gasteiger partial charge < -0.3 is 11.1 Å². The first-order chi connectivity index (χ1) is 2.83. The van der Waals surface area contributed by atoms with E-state index in [0.717, 1.165) is 0 Å². The van der Waals surface area contributed by atoms with Gasteiger partial charge in [-0.25, -0.2) is 0 Å². The van der Waals surface area contributed by atoms with Crippen LogP contribution in [0.5, 0.6) is 0 Å². The zero-order chi connectivity index (χ0) is 5.41. The van der Waals surface area contributed by atoms with Crippen molar-refractivity contribution in [2.45, 2.75) is 0 Å². The van der Waals surface area contributed by atoms with Gasteiger partial charge in [-0.3, -0.25) is 0 Å². The second-order valence-corrected chi connectivity index (χ2v) is 5.79. The second-order valence-electron chi connectivity index (χ2n) is 0.216. The van der Waals surface area contributed by atoms with Crippen LogP contribution >= 0.6 is 16.6 Å². The van der Waals surface area contributed by atoms with Crippen LogP contribution in [0.1, 0.15) is 0 Å². The Morgan fingerprint density at radius 1 is 1.67 bits per heavy atom. The van der Waals surface area contributed by atoms with Crippen LogP contribution in [0.2, 0.25) is 0 Å². The summed E-state index contributed by atoms with van der Waals surface area (Å²) in [5.74, 6) is 0. The van der Waals surface area contributed by atoms with E-state index in [1.807, 2.05) is 0 Å². The molecule has 0 aromatic rings. The maximum absolute atomic E-state index is 5.75.